The van der Waals surface area contributed by atoms with Gasteiger partial charge in [-0.3, -0.25) is 9.78 Å². The summed E-state index contributed by atoms with van der Waals surface area (Å²) in [4.78, 5) is 26.4. The van der Waals surface area contributed by atoms with Crippen LogP contribution < -0.4 is 0 Å². The van der Waals surface area contributed by atoms with E-state index >= 15 is 0 Å². The van der Waals surface area contributed by atoms with Gasteiger partial charge in [-0.05, 0) is 26.0 Å². The van der Waals surface area contributed by atoms with Gasteiger partial charge < -0.3 is 15.1 Å². The molecule has 0 amide bonds. The van der Waals surface area contributed by atoms with Crippen LogP contribution in [0.3, 0.4) is 0 Å². The lowest BCUT2D eigenvalue weighted by atomic mass is 9.99. The zero-order valence-electron chi connectivity index (χ0n) is 16.3. The third kappa shape index (κ3) is 3.70. The van der Waals surface area contributed by atoms with E-state index in [1.54, 1.807) is 0 Å². The van der Waals surface area contributed by atoms with E-state index in [2.05, 4.69) is 19.9 Å². The maximum Gasteiger partial charge on any atom is 0.417 e. The number of ketones is 1. The summed E-state index contributed by atoms with van der Waals surface area (Å²) in [5.41, 5.74) is -2.75. The van der Waals surface area contributed by atoms with Crippen molar-refractivity contribution in [2.45, 2.75) is 25.6 Å². The van der Waals surface area contributed by atoms with Gasteiger partial charge in [-0.2, -0.15) is 13.2 Å². The average Bonchev–Trinajstić information content (AvgIpc) is 3.33. The number of H-pyrrole nitrogens is 2. The van der Waals surface area contributed by atoms with Crippen LogP contribution in [0.25, 0.3) is 22.6 Å². The number of carbonyl (C=O) groups is 1. The molecule has 0 saturated carbocycles. The second kappa shape index (κ2) is 7.02. The lowest BCUT2D eigenvalue weighted by Crippen LogP contribution is -2.19. The molecule has 1 aromatic carbocycles. The lowest BCUT2D eigenvalue weighted by molar-refractivity contribution is -0.137. The Morgan fingerprint density at radius 3 is 2.55 bits per heavy atom. The Bertz CT molecular complexity index is 1300. The van der Waals surface area contributed by atoms with Crippen molar-refractivity contribution in [3.05, 3.63) is 70.9 Å². The van der Waals surface area contributed by atoms with Gasteiger partial charge in [-0.15, -0.1) is 0 Å². The van der Waals surface area contributed by atoms with Crippen LogP contribution in [0, 0.1) is 5.82 Å². The maximum absolute atomic E-state index is 14.7. The van der Waals surface area contributed by atoms with Crippen molar-refractivity contribution in [3.63, 3.8) is 0 Å². The molecule has 0 aliphatic rings. The van der Waals surface area contributed by atoms with Crippen molar-refractivity contribution < 1.29 is 27.5 Å². The van der Waals surface area contributed by atoms with E-state index in [-0.39, 0.29) is 33.8 Å². The Labute approximate surface area is 173 Å². The standard InChI is InChI=1S/C21H16F4N4O2/c1-20(2,31)18-15(22)16-14(9-27-18)28-19(29-16)13-7-10(8-26-13)17(30)11-5-3-4-6-12(11)21(23,24)25/h3-9,26,31H,1-2H3,(H,28,29). The van der Waals surface area contributed by atoms with E-state index in [1.807, 2.05) is 0 Å². The molecule has 0 aliphatic carbocycles. The van der Waals surface area contributed by atoms with Crippen LogP contribution in [-0.2, 0) is 11.8 Å². The molecule has 3 N–H and O–H groups in total. The van der Waals surface area contributed by atoms with Gasteiger partial charge in [0.1, 0.15) is 16.8 Å². The normalized spacial score (nSPS) is 12.5. The van der Waals surface area contributed by atoms with Crippen LogP contribution in [-0.4, -0.2) is 30.8 Å². The molecular weight excluding hydrogens is 416 g/mol. The molecule has 0 unspecified atom stereocenters. The lowest BCUT2D eigenvalue weighted by Gasteiger charge is -2.16. The van der Waals surface area contributed by atoms with E-state index in [4.69, 9.17) is 0 Å². The third-order valence-electron chi connectivity index (χ3n) is 4.73. The van der Waals surface area contributed by atoms with E-state index < -0.39 is 34.5 Å². The summed E-state index contributed by atoms with van der Waals surface area (Å²) < 4.78 is 54.4. The number of hydrogen-bond acceptors (Lipinski definition) is 4. The number of aromatic nitrogens is 4. The summed E-state index contributed by atoms with van der Waals surface area (Å²) >= 11 is 0. The molecule has 0 aliphatic heterocycles. The monoisotopic (exact) mass is 432 g/mol. The molecule has 0 atom stereocenters. The number of fused-ring (bicyclic) bond motifs is 1. The van der Waals surface area contributed by atoms with Crippen molar-refractivity contribution >= 4 is 16.8 Å². The highest BCUT2D eigenvalue weighted by molar-refractivity contribution is 6.10. The van der Waals surface area contributed by atoms with Gasteiger partial charge in [-0.25, -0.2) is 9.37 Å². The number of nitrogens with one attached hydrogen (secondary N) is 2. The van der Waals surface area contributed by atoms with Gasteiger partial charge in [-0.1, -0.05) is 18.2 Å². The Balaban J connectivity index is 1.72. The van der Waals surface area contributed by atoms with E-state index in [0.717, 1.165) is 12.1 Å². The van der Waals surface area contributed by atoms with Crippen molar-refractivity contribution in [1.29, 1.82) is 0 Å². The van der Waals surface area contributed by atoms with Crippen molar-refractivity contribution in [2.24, 2.45) is 0 Å². The molecule has 0 radical (unpaired) electrons. The van der Waals surface area contributed by atoms with Crippen LogP contribution in [0.5, 0.6) is 0 Å². The number of rotatable bonds is 4. The van der Waals surface area contributed by atoms with Gasteiger partial charge in [0.05, 0.1) is 23.0 Å². The predicted molar refractivity (Wildman–Crippen MR) is 104 cm³/mol. The number of carbonyl (C=O) groups excluding carboxylic acids is 1. The SMILES string of the molecule is CC(C)(O)c1ncc2[nH]c(-c3cc(C(=O)c4ccccc4C(F)(F)F)c[nH]3)nc2c1F. The highest BCUT2D eigenvalue weighted by Gasteiger charge is 2.35. The van der Waals surface area contributed by atoms with Gasteiger partial charge in [0.2, 0.25) is 0 Å². The van der Waals surface area contributed by atoms with Gasteiger partial charge in [0.25, 0.3) is 0 Å². The van der Waals surface area contributed by atoms with Crippen molar-refractivity contribution in [2.75, 3.05) is 0 Å². The number of pyridine rings is 1. The molecule has 10 heteroatoms. The minimum absolute atomic E-state index is 0.0112. The van der Waals surface area contributed by atoms with Crippen molar-refractivity contribution in [3.8, 4) is 11.5 Å². The Morgan fingerprint density at radius 2 is 1.87 bits per heavy atom. The first-order chi connectivity index (χ1) is 14.5. The van der Waals surface area contributed by atoms with Crippen molar-refractivity contribution in [1.82, 2.24) is 19.9 Å². The Morgan fingerprint density at radius 1 is 1.16 bits per heavy atom. The largest absolute Gasteiger partial charge is 0.417 e. The summed E-state index contributed by atoms with van der Waals surface area (Å²) in [6.07, 6.45) is -2.10. The molecule has 3 aromatic heterocycles. The quantitative estimate of drug-likeness (QED) is 0.325. The predicted octanol–water partition coefficient (Wildman–Crippen LogP) is 4.57. The third-order valence-corrected chi connectivity index (χ3v) is 4.73. The maximum atomic E-state index is 14.7. The van der Waals surface area contributed by atoms with Gasteiger partial charge >= 0.3 is 6.18 Å². The molecule has 0 saturated heterocycles. The number of nitrogens with zero attached hydrogens (tertiary/aromatic N) is 2. The molecule has 4 aromatic rings. The summed E-state index contributed by atoms with van der Waals surface area (Å²) in [5, 5.41) is 10.0. The number of halogens is 4. The number of imidazole rings is 1. The number of aliphatic hydroxyl groups is 1. The molecule has 0 fully saturated rings. The summed E-state index contributed by atoms with van der Waals surface area (Å²) in [6, 6.07) is 5.84. The molecule has 3 heterocycles. The fourth-order valence-electron chi connectivity index (χ4n) is 3.25. The summed E-state index contributed by atoms with van der Waals surface area (Å²) in [5.74, 6) is -1.45. The van der Waals surface area contributed by atoms with E-state index in [1.165, 1.54) is 44.4 Å². The summed E-state index contributed by atoms with van der Waals surface area (Å²) in [7, 11) is 0. The van der Waals surface area contributed by atoms with Crippen LogP contribution in [0.1, 0.15) is 41.0 Å². The average molecular weight is 432 g/mol. The summed E-state index contributed by atoms with van der Waals surface area (Å²) in [6.45, 7) is 2.78. The highest BCUT2D eigenvalue weighted by Crippen LogP contribution is 2.33. The van der Waals surface area contributed by atoms with Crippen LogP contribution in [0.4, 0.5) is 17.6 Å². The van der Waals surface area contributed by atoms with Gasteiger partial charge in [0, 0.05) is 17.3 Å². The number of alkyl halides is 3. The molecule has 4 rings (SSSR count). The molecule has 160 valence electrons. The first kappa shape index (κ1) is 20.7. The van der Waals surface area contributed by atoms with E-state index in [9.17, 15) is 27.5 Å². The molecule has 31 heavy (non-hydrogen) atoms. The minimum atomic E-state index is -4.67. The zero-order valence-corrected chi connectivity index (χ0v) is 16.3. The highest BCUT2D eigenvalue weighted by atomic mass is 19.4. The Hall–Kier alpha value is -3.53. The first-order valence-electron chi connectivity index (χ1n) is 9.13. The topological polar surface area (TPSA) is 94.7 Å². The molecule has 0 bridgehead atoms. The fraction of sp³-hybridized carbons (Fsp3) is 0.190. The molecular formula is C21H16F4N4O2. The number of benzene rings is 1. The zero-order chi connectivity index (χ0) is 22.6. The minimum Gasteiger partial charge on any atom is -0.384 e. The first-order valence-corrected chi connectivity index (χ1v) is 9.13. The second-order valence-corrected chi connectivity index (χ2v) is 7.50. The second-order valence-electron chi connectivity index (χ2n) is 7.50. The van der Waals surface area contributed by atoms with Crippen LogP contribution in [0.2, 0.25) is 0 Å². The Kier molecular flexibility index (Phi) is 4.69. The molecule has 0 spiro atoms. The van der Waals surface area contributed by atoms with Crippen LogP contribution >= 0.6 is 0 Å². The van der Waals surface area contributed by atoms with Crippen LogP contribution in [0.15, 0.2) is 42.7 Å². The fourth-order valence-corrected chi connectivity index (χ4v) is 3.25. The van der Waals surface area contributed by atoms with E-state index in [0.29, 0.717) is 0 Å². The number of aromatic amines is 2. The molecule has 6 nitrogen and oxygen atoms in total. The smallest absolute Gasteiger partial charge is 0.384 e. The number of hydrogen-bond donors (Lipinski definition) is 3. The van der Waals surface area contributed by atoms with Gasteiger partial charge in [0.15, 0.2) is 17.4 Å².